The molecule has 3 rings (SSSR count). The molecule has 0 aliphatic heterocycles. The molecule has 1 aromatic carbocycles. The second kappa shape index (κ2) is 12.4. The molecule has 1 aliphatic carbocycles. The first-order valence-electron chi connectivity index (χ1n) is 10.7. The van der Waals surface area contributed by atoms with Gasteiger partial charge in [-0.3, -0.25) is 15.0 Å². The van der Waals surface area contributed by atoms with E-state index in [1.807, 2.05) is 24.3 Å². The summed E-state index contributed by atoms with van der Waals surface area (Å²) in [5, 5.41) is 20.4. The Morgan fingerprint density at radius 1 is 1.26 bits per heavy atom. The van der Waals surface area contributed by atoms with Gasteiger partial charge in [0, 0.05) is 18.5 Å². The molecule has 0 bridgehead atoms. The SMILES string of the molecule is N=C(N)NCCCC(NC(=O)[C@H]1CC[C@@H](N)C1)C(=O)c1nc2ccccc2s1.O=C(O)C(F)(F)F. The first-order chi connectivity index (χ1) is 16.4. The van der Waals surface area contributed by atoms with Gasteiger partial charge in [0.05, 0.1) is 16.3 Å². The maximum Gasteiger partial charge on any atom is 0.490 e. The van der Waals surface area contributed by atoms with Gasteiger partial charge in [0.1, 0.15) is 0 Å². The largest absolute Gasteiger partial charge is 0.490 e. The predicted octanol–water partition coefficient (Wildman–Crippen LogP) is 1.99. The van der Waals surface area contributed by atoms with Gasteiger partial charge < -0.3 is 27.2 Å². The Morgan fingerprint density at radius 3 is 2.46 bits per heavy atom. The third-order valence-electron chi connectivity index (χ3n) is 5.21. The number of fused-ring (bicyclic) bond motifs is 1. The van der Waals surface area contributed by atoms with E-state index < -0.39 is 18.2 Å². The number of Topliss-reactive ketones (excluding diaryl/α,β-unsaturated/α-hetero) is 1. The number of guanidine groups is 1. The summed E-state index contributed by atoms with van der Waals surface area (Å²) in [6, 6.07) is 6.98. The third-order valence-corrected chi connectivity index (χ3v) is 6.26. The molecule has 1 aromatic heterocycles. The highest BCUT2D eigenvalue weighted by Crippen LogP contribution is 2.26. The fourth-order valence-corrected chi connectivity index (χ4v) is 4.43. The predicted molar refractivity (Wildman–Crippen MR) is 124 cm³/mol. The maximum atomic E-state index is 13.1. The number of carboxylic acids is 1. The van der Waals surface area contributed by atoms with Gasteiger partial charge in [-0.05, 0) is 44.2 Å². The van der Waals surface area contributed by atoms with Crippen LogP contribution in [0.4, 0.5) is 13.2 Å². The quantitative estimate of drug-likeness (QED) is 0.133. The van der Waals surface area contributed by atoms with Crippen molar-refractivity contribution in [2.75, 3.05) is 6.54 Å². The van der Waals surface area contributed by atoms with E-state index in [0.717, 1.165) is 23.1 Å². The number of nitrogens with two attached hydrogens (primary N) is 2. The van der Waals surface area contributed by atoms with Crippen molar-refractivity contribution in [3.05, 3.63) is 29.3 Å². The van der Waals surface area contributed by atoms with Crippen LogP contribution in [-0.4, -0.2) is 58.5 Å². The zero-order valence-electron chi connectivity index (χ0n) is 18.6. The zero-order valence-corrected chi connectivity index (χ0v) is 19.4. The van der Waals surface area contributed by atoms with E-state index in [-0.39, 0.29) is 29.6 Å². The van der Waals surface area contributed by atoms with Crippen molar-refractivity contribution in [3.8, 4) is 0 Å². The van der Waals surface area contributed by atoms with Crippen LogP contribution in [0.25, 0.3) is 10.2 Å². The summed E-state index contributed by atoms with van der Waals surface area (Å²) in [5.74, 6) is -3.31. The van der Waals surface area contributed by atoms with Gasteiger partial charge >= 0.3 is 12.1 Å². The molecule has 10 nitrogen and oxygen atoms in total. The Bertz CT molecular complexity index is 1030. The lowest BCUT2D eigenvalue weighted by atomic mass is 10.0. The van der Waals surface area contributed by atoms with Crippen LogP contribution in [0.2, 0.25) is 0 Å². The minimum absolute atomic E-state index is 0.0499. The Kier molecular flexibility index (Phi) is 9.95. The van der Waals surface area contributed by atoms with Crippen LogP contribution in [0.15, 0.2) is 24.3 Å². The molecule has 1 unspecified atom stereocenters. The highest BCUT2D eigenvalue weighted by atomic mass is 32.1. The lowest BCUT2D eigenvalue weighted by Crippen LogP contribution is -2.44. The number of alkyl halides is 3. The van der Waals surface area contributed by atoms with Crippen LogP contribution >= 0.6 is 11.3 Å². The third kappa shape index (κ3) is 8.79. The molecule has 8 N–H and O–H groups in total. The number of amides is 1. The van der Waals surface area contributed by atoms with Gasteiger partial charge in [0.25, 0.3) is 0 Å². The molecular formula is C21H27F3N6O4S. The average molecular weight is 517 g/mol. The highest BCUT2D eigenvalue weighted by molar-refractivity contribution is 7.20. The van der Waals surface area contributed by atoms with Gasteiger partial charge in [0.15, 0.2) is 11.0 Å². The van der Waals surface area contributed by atoms with Crippen molar-refractivity contribution in [2.45, 2.75) is 50.4 Å². The number of para-hydroxylation sites is 1. The Labute approximate surface area is 202 Å². The number of hydrogen-bond donors (Lipinski definition) is 6. The highest BCUT2D eigenvalue weighted by Gasteiger charge is 2.38. The zero-order chi connectivity index (χ0) is 26.2. The fourth-order valence-electron chi connectivity index (χ4n) is 3.47. The molecule has 1 heterocycles. The molecule has 35 heavy (non-hydrogen) atoms. The molecule has 192 valence electrons. The second-order valence-electron chi connectivity index (χ2n) is 7.97. The van der Waals surface area contributed by atoms with Gasteiger partial charge in [-0.2, -0.15) is 13.2 Å². The molecule has 0 radical (unpaired) electrons. The summed E-state index contributed by atoms with van der Waals surface area (Å²) in [7, 11) is 0. The topological polar surface area (TPSA) is 184 Å². The van der Waals surface area contributed by atoms with Crippen molar-refractivity contribution < 1.29 is 32.7 Å². The van der Waals surface area contributed by atoms with Crippen LogP contribution in [0.3, 0.4) is 0 Å². The number of carbonyl (C=O) groups is 3. The molecule has 2 aromatic rings. The van der Waals surface area contributed by atoms with E-state index in [2.05, 4.69) is 15.6 Å². The molecule has 1 aliphatic rings. The summed E-state index contributed by atoms with van der Waals surface area (Å²) < 4.78 is 32.7. The van der Waals surface area contributed by atoms with Crippen LogP contribution in [-0.2, 0) is 9.59 Å². The maximum absolute atomic E-state index is 13.1. The van der Waals surface area contributed by atoms with Crippen LogP contribution < -0.4 is 22.1 Å². The molecular weight excluding hydrogens is 489 g/mol. The number of nitrogens with zero attached hydrogens (tertiary/aromatic N) is 1. The van der Waals surface area contributed by atoms with Crippen molar-refractivity contribution in [1.82, 2.24) is 15.6 Å². The second-order valence-corrected chi connectivity index (χ2v) is 9.00. The van der Waals surface area contributed by atoms with E-state index in [1.165, 1.54) is 11.3 Å². The van der Waals surface area contributed by atoms with Crippen molar-refractivity contribution >= 4 is 45.2 Å². The minimum Gasteiger partial charge on any atom is -0.475 e. The van der Waals surface area contributed by atoms with Crippen molar-refractivity contribution in [1.29, 1.82) is 5.41 Å². The molecule has 0 spiro atoms. The molecule has 1 saturated carbocycles. The number of thiazole rings is 1. The van der Waals surface area contributed by atoms with Crippen molar-refractivity contribution in [3.63, 3.8) is 0 Å². The van der Waals surface area contributed by atoms with E-state index in [1.54, 1.807) is 0 Å². The van der Waals surface area contributed by atoms with E-state index in [0.29, 0.717) is 30.8 Å². The Balaban J connectivity index is 0.000000540. The molecule has 14 heteroatoms. The number of carboxylic acid groups (broad SMARTS) is 1. The smallest absolute Gasteiger partial charge is 0.475 e. The number of ketones is 1. The van der Waals surface area contributed by atoms with E-state index in [9.17, 15) is 22.8 Å². The van der Waals surface area contributed by atoms with Gasteiger partial charge in [0.2, 0.25) is 11.7 Å². The van der Waals surface area contributed by atoms with Crippen molar-refractivity contribution in [2.24, 2.45) is 17.4 Å². The number of aliphatic carboxylic acids is 1. The summed E-state index contributed by atoms with van der Waals surface area (Å²) in [6.45, 7) is 0.461. The number of hydrogen-bond acceptors (Lipinski definition) is 7. The van der Waals surface area contributed by atoms with Crippen LogP contribution in [0, 0.1) is 11.3 Å². The number of carbonyl (C=O) groups excluding carboxylic acids is 2. The molecule has 1 fully saturated rings. The van der Waals surface area contributed by atoms with Crippen LogP contribution in [0.1, 0.15) is 41.9 Å². The van der Waals surface area contributed by atoms with E-state index >= 15 is 0 Å². The fraction of sp³-hybridized carbons (Fsp3) is 0.476. The summed E-state index contributed by atoms with van der Waals surface area (Å²) in [4.78, 5) is 39.1. The summed E-state index contributed by atoms with van der Waals surface area (Å²) in [6.07, 6.45) is -1.82. The number of halogens is 3. The van der Waals surface area contributed by atoms with Gasteiger partial charge in [-0.25, -0.2) is 9.78 Å². The number of rotatable bonds is 8. The first-order valence-corrected chi connectivity index (χ1v) is 11.5. The van der Waals surface area contributed by atoms with E-state index in [4.69, 9.17) is 26.8 Å². The molecule has 1 amide bonds. The number of nitrogens with one attached hydrogen (secondary N) is 3. The first kappa shape index (κ1) is 28.0. The lowest BCUT2D eigenvalue weighted by Gasteiger charge is -2.19. The van der Waals surface area contributed by atoms with Gasteiger partial charge in [-0.15, -0.1) is 11.3 Å². The lowest BCUT2D eigenvalue weighted by molar-refractivity contribution is -0.192. The normalized spacial score (nSPS) is 18.3. The monoisotopic (exact) mass is 516 g/mol. The van der Waals surface area contributed by atoms with Gasteiger partial charge in [-0.1, -0.05) is 12.1 Å². The molecule has 0 saturated heterocycles. The standard InChI is InChI=1S/C19H26N6O2S.C2HF3O2/c20-12-8-7-11(10-12)17(27)24-14(5-3-9-23-19(21)22)16(26)18-25-13-4-1-2-6-15(13)28-18;3-2(4,5)1(6)7/h1-2,4,6,11-12,14H,3,5,7-10,20H2,(H,24,27)(H4,21,22,23);(H,6,7)/t11-,12+,14?;/m0./s1. The molecule has 3 atom stereocenters. The minimum atomic E-state index is -5.08. The summed E-state index contributed by atoms with van der Waals surface area (Å²) in [5.41, 5.74) is 12.0. The average Bonchev–Trinajstić information content (AvgIpc) is 3.41. The Morgan fingerprint density at radius 2 is 1.91 bits per heavy atom. The number of benzene rings is 1. The summed E-state index contributed by atoms with van der Waals surface area (Å²) >= 11 is 1.34. The number of aromatic nitrogens is 1. The van der Waals surface area contributed by atoms with Crippen LogP contribution in [0.5, 0.6) is 0 Å². The Hall–Kier alpha value is -3.26.